The third-order valence-electron chi connectivity index (χ3n) is 4.03. The Morgan fingerprint density at radius 2 is 1.75 bits per heavy atom. The fourth-order valence-corrected chi connectivity index (χ4v) is 3.12. The predicted octanol–water partition coefficient (Wildman–Crippen LogP) is 4.16. The molecule has 0 unspecified atom stereocenters. The van der Waals surface area contributed by atoms with Crippen LogP contribution in [0.1, 0.15) is 5.56 Å². The van der Waals surface area contributed by atoms with Crippen molar-refractivity contribution in [2.75, 3.05) is 20.4 Å². The second kappa shape index (κ2) is 10.5. The molecule has 0 bridgehead atoms. The van der Waals surface area contributed by atoms with Crippen LogP contribution in [0, 0.1) is 11.6 Å². The summed E-state index contributed by atoms with van der Waals surface area (Å²) in [6.07, 6.45) is 2.89. The first kappa shape index (κ1) is 22.9. The summed E-state index contributed by atoms with van der Waals surface area (Å²) in [4.78, 5) is 25.2. The van der Waals surface area contributed by atoms with Crippen LogP contribution in [0.5, 0.6) is 23.3 Å². The van der Waals surface area contributed by atoms with Gasteiger partial charge in [-0.2, -0.15) is 14.4 Å². The van der Waals surface area contributed by atoms with Gasteiger partial charge in [-0.05, 0) is 30.5 Å². The SMILES string of the molecule is CNC(=O)C(=NOC)c1ccc(F)cc1Oc1ncnc(Oc2ccccc2SC)c1F. The molecule has 0 aliphatic rings. The summed E-state index contributed by atoms with van der Waals surface area (Å²) in [5, 5.41) is 6.05. The molecule has 0 spiro atoms. The molecular formula is C21H18F2N4O4S. The fraction of sp³-hybridized carbons (Fsp3) is 0.143. The molecule has 0 fully saturated rings. The molecule has 3 aromatic rings. The molecule has 1 N–H and O–H groups in total. The second-order valence-electron chi connectivity index (χ2n) is 6.00. The minimum atomic E-state index is -1.01. The van der Waals surface area contributed by atoms with Crippen LogP contribution in [-0.4, -0.2) is 42.0 Å². The first-order valence-corrected chi connectivity index (χ1v) is 10.3. The van der Waals surface area contributed by atoms with Crippen molar-refractivity contribution in [3.05, 3.63) is 66.0 Å². The van der Waals surface area contributed by atoms with Crippen LogP contribution < -0.4 is 14.8 Å². The number of nitrogens with one attached hydrogen (secondary N) is 1. The molecule has 166 valence electrons. The van der Waals surface area contributed by atoms with Crippen LogP contribution >= 0.6 is 11.8 Å². The molecule has 3 rings (SSSR count). The van der Waals surface area contributed by atoms with E-state index < -0.39 is 23.4 Å². The summed E-state index contributed by atoms with van der Waals surface area (Å²) in [5.74, 6) is -3.05. The van der Waals surface area contributed by atoms with Crippen LogP contribution in [-0.2, 0) is 9.63 Å². The Labute approximate surface area is 186 Å². The largest absolute Gasteiger partial charge is 0.435 e. The summed E-state index contributed by atoms with van der Waals surface area (Å²) in [5.41, 5.74) is -0.148. The van der Waals surface area contributed by atoms with Crippen molar-refractivity contribution >= 4 is 23.4 Å². The number of amides is 1. The molecular weight excluding hydrogens is 442 g/mol. The lowest BCUT2D eigenvalue weighted by atomic mass is 10.1. The predicted molar refractivity (Wildman–Crippen MR) is 114 cm³/mol. The lowest BCUT2D eigenvalue weighted by Gasteiger charge is -2.13. The maximum atomic E-state index is 15.1. The molecule has 11 heteroatoms. The molecule has 1 amide bonds. The summed E-state index contributed by atoms with van der Waals surface area (Å²) < 4.78 is 40.1. The van der Waals surface area contributed by atoms with Gasteiger partial charge in [0.25, 0.3) is 17.7 Å². The van der Waals surface area contributed by atoms with Crippen LogP contribution in [0.15, 0.2) is 58.8 Å². The Hall–Kier alpha value is -3.73. The molecule has 0 radical (unpaired) electrons. The quantitative estimate of drug-likeness (QED) is 0.306. The number of halogens is 2. The van der Waals surface area contributed by atoms with Gasteiger partial charge in [-0.25, -0.2) is 4.39 Å². The van der Waals surface area contributed by atoms with Crippen molar-refractivity contribution < 1.29 is 27.9 Å². The number of oxime groups is 1. The van der Waals surface area contributed by atoms with Gasteiger partial charge in [0.15, 0.2) is 5.71 Å². The number of carbonyl (C=O) groups is 1. The lowest BCUT2D eigenvalue weighted by molar-refractivity contribution is -0.114. The molecule has 32 heavy (non-hydrogen) atoms. The molecule has 1 aromatic heterocycles. The van der Waals surface area contributed by atoms with Gasteiger partial charge in [-0.3, -0.25) is 4.79 Å². The van der Waals surface area contributed by atoms with E-state index in [1.165, 1.54) is 32.0 Å². The maximum absolute atomic E-state index is 15.1. The Kier molecular flexibility index (Phi) is 7.55. The van der Waals surface area contributed by atoms with Crippen LogP contribution in [0.2, 0.25) is 0 Å². The van der Waals surface area contributed by atoms with Crippen molar-refractivity contribution in [2.24, 2.45) is 5.16 Å². The van der Waals surface area contributed by atoms with E-state index in [4.69, 9.17) is 14.3 Å². The molecule has 2 aromatic carbocycles. The third kappa shape index (κ3) is 5.11. The van der Waals surface area contributed by atoms with Crippen molar-refractivity contribution in [1.29, 1.82) is 0 Å². The Bertz CT molecular complexity index is 1160. The highest BCUT2D eigenvalue weighted by atomic mass is 32.2. The maximum Gasteiger partial charge on any atom is 0.273 e. The minimum Gasteiger partial charge on any atom is -0.435 e. The van der Waals surface area contributed by atoms with Crippen LogP contribution in [0.3, 0.4) is 0 Å². The monoisotopic (exact) mass is 460 g/mol. The number of carbonyl (C=O) groups excluding carboxylic acids is 1. The Morgan fingerprint density at radius 3 is 2.41 bits per heavy atom. The topological polar surface area (TPSA) is 94.9 Å². The number of aromatic nitrogens is 2. The van der Waals surface area contributed by atoms with E-state index in [0.717, 1.165) is 23.4 Å². The third-order valence-corrected chi connectivity index (χ3v) is 4.81. The van der Waals surface area contributed by atoms with E-state index in [2.05, 4.69) is 20.4 Å². The van der Waals surface area contributed by atoms with Crippen molar-refractivity contribution in [2.45, 2.75) is 4.90 Å². The van der Waals surface area contributed by atoms with Gasteiger partial charge in [0, 0.05) is 18.0 Å². The molecule has 8 nitrogen and oxygen atoms in total. The van der Waals surface area contributed by atoms with E-state index >= 15 is 4.39 Å². The number of ether oxygens (including phenoxy) is 2. The highest BCUT2D eigenvalue weighted by molar-refractivity contribution is 7.98. The Balaban J connectivity index is 2.00. The standard InChI is InChI=1S/C21H18F2N4O4S/c1-24-19(28)18(27-29-2)13-9-8-12(22)10-15(13)31-21-17(23)20(25-11-26-21)30-14-6-4-5-7-16(14)32-3/h4-11H,1-3H3,(H,24,28). The highest BCUT2D eigenvalue weighted by Crippen LogP contribution is 2.34. The first-order chi connectivity index (χ1) is 15.5. The number of hydrogen-bond acceptors (Lipinski definition) is 8. The van der Waals surface area contributed by atoms with Crippen LogP contribution in [0.25, 0.3) is 0 Å². The van der Waals surface area contributed by atoms with Crippen LogP contribution in [0.4, 0.5) is 8.78 Å². The Morgan fingerprint density at radius 1 is 1.06 bits per heavy atom. The second-order valence-corrected chi connectivity index (χ2v) is 6.84. The number of nitrogens with zero attached hydrogens (tertiary/aromatic N) is 3. The molecule has 1 heterocycles. The zero-order chi connectivity index (χ0) is 23.1. The molecule has 0 saturated heterocycles. The summed E-state index contributed by atoms with van der Waals surface area (Å²) >= 11 is 1.42. The van der Waals surface area contributed by atoms with Crippen molar-refractivity contribution in [3.8, 4) is 23.3 Å². The van der Waals surface area contributed by atoms with Gasteiger partial charge in [0.05, 0.1) is 5.56 Å². The zero-order valence-electron chi connectivity index (χ0n) is 17.3. The van der Waals surface area contributed by atoms with Gasteiger partial charge in [0.1, 0.15) is 30.8 Å². The summed E-state index contributed by atoms with van der Waals surface area (Å²) in [7, 11) is 2.63. The highest BCUT2D eigenvalue weighted by Gasteiger charge is 2.23. The number of likely N-dealkylation sites (N-methyl/N-ethyl adjacent to an activating group) is 1. The smallest absolute Gasteiger partial charge is 0.273 e. The van der Waals surface area contributed by atoms with E-state index in [1.54, 1.807) is 12.1 Å². The zero-order valence-corrected chi connectivity index (χ0v) is 18.1. The first-order valence-electron chi connectivity index (χ1n) is 9.10. The molecule has 0 aliphatic carbocycles. The molecule has 0 atom stereocenters. The van der Waals surface area contributed by atoms with Crippen molar-refractivity contribution in [3.63, 3.8) is 0 Å². The minimum absolute atomic E-state index is 0.0563. The van der Waals surface area contributed by atoms with Gasteiger partial charge in [-0.1, -0.05) is 17.3 Å². The van der Waals surface area contributed by atoms with Crippen molar-refractivity contribution in [1.82, 2.24) is 15.3 Å². The number of hydrogen-bond donors (Lipinski definition) is 1. The summed E-state index contributed by atoms with van der Waals surface area (Å²) in [6.45, 7) is 0. The molecule has 0 saturated carbocycles. The number of para-hydroxylation sites is 1. The van der Waals surface area contributed by atoms with Gasteiger partial charge < -0.3 is 19.6 Å². The van der Waals surface area contributed by atoms with E-state index in [0.29, 0.717) is 5.75 Å². The lowest BCUT2D eigenvalue weighted by Crippen LogP contribution is -2.29. The van der Waals surface area contributed by atoms with Gasteiger partial charge in [-0.15, -0.1) is 11.8 Å². The fourth-order valence-electron chi connectivity index (χ4n) is 2.59. The van der Waals surface area contributed by atoms with E-state index in [-0.39, 0.29) is 22.9 Å². The number of benzene rings is 2. The number of rotatable bonds is 8. The van der Waals surface area contributed by atoms with E-state index in [9.17, 15) is 9.18 Å². The number of thioether (sulfide) groups is 1. The normalized spacial score (nSPS) is 11.1. The van der Waals surface area contributed by atoms with Gasteiger partial charge >= 0.3 is 0 Å². The van der Waals surface area contributed by atoms with E-state index in [1.807, 2.05) is 18.4 Å². The average molecular weight is 460 g/mol. The average Bonchev–Trinajstić information content (AvgIpc) is 2.80. The molecule has 0 aliphatic heterocycles. The summed E-state index contributed by atoms with van der Waals surface area (Å²) in [6, 6.07) is 10.3. The van der Waals surface area contributed by atoms with Gasteiger partial charge in [0.2, 0.25) is 5.82 Å².